The van der Waals surface area contributed by atoms with Crippen LogP contribution in [-0.2, 0) is 4.79 Å². The van der Waals surface area contributed by atoms with Gasteiger partial charge in [-0.1, -0.05) is 18.2 Å². The fourth-order valence-electron chi connectivity index (χ4n) is 2.47. The van der Waals surface area contributed by atoms with Gasteiger partial charge in [-0.15, -0.1) is 0 Å². The third-order valence-corrected chi connectivity index (χ3v) is 3.66. The van der Waals surface area contributed by atoms with E-state index in [0.717, 1.165) is 0 Å². The van der Waals surface area contributed by atoms with Gasteiger partial charge in [0.1, 0.15) is 6.04 Å². The Morgan fingerprint density at radius 2 is 2.00 bits per heavy atom. The van der Waals surface area contributed by atoms with E-state index in [1.807, 2.05) is 0 Å². The van der Waals surface area contributed by atoms with Gasteiger partial charge in [-0.3, -0.25) is 14.4 Å². The van der Waals surface area contributed by atoms with Crippen LogP contribution in [0.5, 0.6) is 0 Å². The number of fused-ring (bicyclic) bond motifs is 1. The summed E-state index contributed by atoms with van der Waals surface area (Å²) in [5, 5.41) is 9.82. The lowest BCUT2D eigenvalue weighted by molar-refractivity contribution is -0.127. The molecule has 2 heterocycles. The van der Waals surface area contributed by atoms with Crippen molar-refractivity contribution in [2.75, 3.05) is 13.1 Å². The number of aromatic amines is 1. The Hall–Kier alpha value is -2.70. The molecule has 1 aromatic carbocycles. The first kappa shape index (κ1) is 13.3. The second-order valence-corrected chi connectivity index (χ2v) is 4.91. The average molecular weight is 286 g/mol. The second-order valence-electron chi connectivity index (χ2n) is 4.91. The van der Waals surface area contributed by atoms with E-state index in [1.165, 1.54) is 4.90 Å². The van der Waals surface area contributed by atoms with E-state index in [9.17, 15) is 14.4 Å². The summed E-state index contributed by atoms with van der Waals surface area (Å²) in [5.41, 5.74) is -0.182. The van der Waals surface area contributed by atoms with Crippen LogP contribution in [-0.4, -0.2) is 46.0 Å². The molecule has 2 amide bonds. The van der Waals surface area contributed by atoms with Crippen LogP contribution >= 0.6 is 0 Å². The van der Waals surface area contributed by atoms with Crippen molar-refractivity contribution >= 4 is 22.6 Å². The molecule has 0 spiro atoms. The first-order chi connectivity index (χ1) is 10.1. The number of piperazine rings is 1. The minimum Gasteiger partial charge on any atom is -0.353 e. The van der Waals surface area contributed by atoms with Gasteiger partial charge in [0.15, 0.2) is 5.69 Å². The van der Waals surface area contributed by atoms with Gasteiger partial charge in [-0.25, -0.2) is 5.10 Å². The van der Waals surface area contributed by atoms with Gasteiger partial charge in [0.25, 0.3) is 11.5 Å². The molecular formula is C14H14N4O3. The van der Waals surface area contributed by atoms with Gasteiger partial charge >= 0.3 is 0 Å². The molecule has 1 aliphatic rings. The van der Waals surface area contributed by atoms with Crippen molar-refractivity contribution < 1.29 is 9.59 Å². The van der Waals surface area contributed by atoms with Crippen molar-refractivity contribution in [2.24, 2.45) is 0 Å². The predicted octanol–water partition coefficient (Wildman–Crippen LogP) is -0.116. The molecule has 1 unspecified atom stereocenters. The van der Waals surface area contributed by atoms with Crippen molar-refractivity contribution in [2.45, 2.75) is 13.0 Å². The molecule has 0 radical (unpaired) electrons. The summed E-state index contributed by atoms with van der Waals surface area (Å²) in [5.74, 6) is -0.548. The number of benzene rings is 1. The summed E-state index contributed by atoms with van der Waals surface area (Å²) in [6.45, 7) is 2.50. The van der Waals surface area contributed by atoms with E-state index in [-0.39, 0.29) is 23.1 Å². The lowest BCUT2D eigenvalue weighted by Gasteiger charge is -2.32. The van der Waals surface area contributed by atoms with Crippen LogP contribution in [0.4, 0.5) is 0 Å². The van der Waals surface area contributed by atoms with E-state index in [2.05, 4.69) is 15.5 Å². The van der Waals surface area contributed by atoms with E-state index >= 15 is 0 Å². The molecule has 108 valence electrons. The molecule has 1 atom stereocenters. The first-order valence-corrected chi connectivity index (χ1v) is 6.65. The van der Waals surface area contributed by atoms with Crippen molar-refractivity contribution in [1.29, 1.82) is 0 Å². The largest absolute Gasteiger partial charge is 0.353 e. The molecular weight excluding hydrogens is 272 g/mol. The van der Waals surface area contributed by atoms with Gasteiger partial charge in [0, 0.05) is 18.5 Å². The van der Waals surface area contributed by atoms with Crippen molar-refractivity contribution in [3.8, 4) is 0 Å². The number of hydrogen-bond donors (Lipinski definition) is 2. The van der Waals surface area contributed by atoms with Crippen LogP contribution in [0.2, 0.25) is 0 Å². The number of carbonyl (C=O) groups is 2. The maximum absolute atomic E-state index is 12.6. The van der Waals surface area contributed by atoms with E-state index in [4.69, 9.17) is 0 Å². The van der Waals surface area contributed by atoms with Crippen molar-refractivity contribution in [3.63, 3.8) is 0 Å². The molecule has 0 saturated carbocycles. The zero-order chi connectivity index (χ0) is 15.0. The molecule has 7 nitrogen and oxygen atoms in total. The van der Waals surface area contributed by atoms with E-state index in [0.29, 0.717) is 23.9 Å². The minimum absolute atomic E-state index is 0.159. The lowest BCUT2D eigenvalue weighted by Crippen LogP contribution is -2.56. The number of rotatable bonds is 1. The standard InChI is InChI=1S/C14H14N4O3/c1-8-12(19)15-6-7-18(8)14(21)11-9-4-2-3-5-10(9)13(20)17-16-11/h2-5,8H,6-7H2,1H3,(H,15,19)(H,17,20). The van der Waals surface area contributed by atoms with E-state index < -0.39 is 6.04 Å². The number of nitrogens with zero attached hydrogens (tertiary/aromatic N) is 2. The molecule has 0 bridgehead atoms. The number of H-pyrrole nitrogens is 1. The molecule has 2 aromatic rings. The smallest absolute Gasteiger partial charge is 0.275 e. The molecule has 0 aliphatic carbocycles. The molecule has 21 heavy (non-hydrogen) atoms. The minimum atomic E-state index is -0.557. The Balaban J connectivity index is 2.08. The van der Waals surface area contributed by atoms with Crippen molar-refractivity contribution in [3.05, 3.63) is 40.3 Å². The third-order valence-electron chi connectivity index (χ3n) is 3.66. The molecule has 2 N–H and O–H groups in total. The number of nitrogens with one attached hydrogen (secondary N) is 2. The maximum Gasteiger partial charge on any atom is 0.275 e. The SMILES string of the molecule is CC1C(=O)NCCN1C(=O)c1n[nH]c(=O)c2ccccc12. The average Bonchev–Trinajstić information content (AvgIpc) is 2.50. The third kappa shape index (κ3) is 2.16. The molecule has 1 fully saturated rings. The highest BCUT2D eigenvalue weighted by molar-refractivity contribution is 6.06. The Morgan fingerprint density at radius 3 is 2.76 bits per heavy atom. The highest BCUT2D eigenvalue weighted by Gasteiger charge is 2.31. The molecule has 1 aliphatic heterocycles. The molecule has 3 rings (SSSR count). The summed E-state index contributed by atoms with van der Waals surface area (Å²) in [6.07, 6.45) is 0. The van der Waals surface area contributed by atoms with Crippen molar-refractivity contribution in [1.82, 2.24) is 20.4 Å². The highest BCUT2D eigenvalue weighted by atomic mass is 16.2. The lowest BCUT2D eigenvalue weighted by atomic mass is 10.1. The van der Waals surface area contributed by atoms with Crippen LogP contribution in [0, 0.1) is 0 Å². The Morgan fingerprint density at radius 1 is 1.29 bits per heavy atom. The number of amides is 2. The monoisotopic (exact) mass is 286 g/mol. The van der Waals surface area contributed by atoms with Crippen LogP contribution in [0.3, 0.4) is 0 Å². The summed E-state index contributed by atoms with van der Waals surface area (Å²) < 4.78 is 0. The van der Waals surface area contributed by atoms with Gasteiger partial charge in [-0.2, -0.15) is 5.10 Å². The van der Waals surface area contributed by atoms with Crippen LogP contribution < -0.4 is 10.9 Å². The fraction of sp³-hybridized carbons (Fsp3) is 0.286. The predicted molar refractivity (Wildman–Crippen MR) is 75.9 cm³/mol. The van der Waals surface area contributed by atoms with Crippen LogP contribution in [0.1, 0.15) is 17.4 Å². The van der Waals surface area contributed by atoms with Crippen LogP contribution in [0.15, 0.2) is 29.1 Å². The Labute approximate surface area is 119 Å². The van der Waals surface area contributed by atoms with Gasteiger partial charge < -0.3 is 10.2 Å². The highest BCUT2D eigenvalue weighted by Crippen LogP contribution is 2.16. The van der Waals surface area contributed by atoms with Gasteiger partial charge in [0.2, 0.25) is 5.91 Å². The fourth-order valence-corrected chi connectivity index (χ4v) is 2.47. The number of hydrogen-bond acceptors (Lipinski definition) is 4. The zero-order valence-corrected chi connectivity index (χ0v) is 11.4. The number of carbonyl (C=O) groups excluding carboxylic acids is 2. The normalized spacial score (nSPS) is 18.6. The number of aromatic nitrogens is 2. The summed E-state index contributed by atoms with van der Waals surface area (Å²) in [6, 6.07) is 6.23. The summed E-state index contributed by atoms with van der Waals surface area (Å²) in [7, 11) is 0. The van der Waals surface area contributed by atoms with Crippen LogP contribution in [0.25, 0.3) is 10.8 Å². The molecule has 1 saturated heterocycles. The Kier molecular flexibility index (Phi) is 3.17. The Bertz CT molecular complexity index is 783. The summed E-state index contributed by atoms with van der Waals surface area (Å²) in [4.78, 5) is 37.5. The second kappa shape index (κ2) is 5.01. The quantitative estimate of drug-likeness (QED) is 0.764. The zero-order valence-electron chi connectivity index (χ0n) is 11.4. The summed E-state index contributed by atoms with van der Waals surface area (Å²) >= 11 is 0. The van der Waals surface area contributed by atoms with E-state index in [1.54, 1.807) is 31.2 Å². The first-order valence-electron chi connectivity index (χ1n) is 6.65. The van der Waals surface area contributed by atoms with Gasteiger partial charge in [-0.05, 0) is 13.0 Å². The van der Waals surface area contributed by atoms with Gasteiger partial charge in [0.05, 0.1) is 5.39 Å². The topological polar surface area (TPSA) is 95.2 Å². The molecule has 1 aromatic heterocycles. The maximum atomic E-state index is 12.6. The molecule has 7 heteroatoms.